The van der Waals surface area contributed by atoms with E-state index >= 15 is 0 Å². The fourth-order valence-corrected chi connectivity index (χ4v) is 2.29. The first kappa shape index (κ1) is 15.4. The van der Waals surface area contributed by atoms with Gasteiger partial charge in [0.25, 0.3) is 5.91 Å². The third-order valence-electron chi connectivity index (χ3n) is 3.37. The first-order valence-electron chi connectivity index (χ1n) is 6.44. The molecule has 0 aliphatic carbocycles. The number of urea groups is 1. The van der Waals surface area contributed by atoms with Gasteiger partial charge in [-0.1, -0.05) is 12.1 Å². The Balaban J connectivity index is 2.12. The van der Waals surface area contributed by atoms with Crippen LogP contribution in [0.3, 0.4) is 0 Å². The molecule has 1 aromatic rings. The van der Waals surface area contributed by atoms with Crippen LogP contribution < -0.4 is 5.32 Å². The molecule has 0 saturated carbocycles. The molecule has 114 valence electrons. The lowest BCUT2D eigenvalue weighted by Gasteiger charge is -2.21. The van der Waals surface area contributed by atoms with E-state index in [1.54, 1.807) is 6.92 Å². The molecule has 0 spiro atoms. The molecule has 2 N–H and O–H groups in total. The van der Waals surface area contributed by atoms with Gasteiger partial charge in [0.1, 0.15) is 11.4 Å². The Morgan fingerprint density at radius 2 is 2.19 bits per heavy atom. The fraction of sp³-hybridized carbons (Fsp3) is 0.429. The Labute approximate surface area is 121 Å². The molecule has 2 rings (SSSR count). The second-order valence-electron chi connectivity index (χ2n) is 5.18. The lowest BCUT2D eigenvalue weighted by molar-refractivity contribution is -0.133. The van der Waals surface area contributed by atoms with Crippen LogP contribution in [0.1, 0.15) is 18.6 Å². The number of methoxy groups -OCH3 is 1. The van der Waals surface area contributed by atoms with Crippen LogP contribution in [0.15, 0.2) is 24.3 Å². The highest BCUT2D eigenvalue weighted by Crippen LogP contribution is 2.22. The van der Waals surface area contributed by atoms with Gasteiger partial charge in [-0.2, -0.15) is 0 Å². The maximum absolute atomic E-state index is 13.1. The van der Waals surface area contributed by atoms with E-state index in [1.807, 2.05) is 0 Å². The SMILES string of the molecule is COC[C@@]1(C)NC(=O)N(C[C@H](O)c2cccc(F)c2)C1=O. The van der Waals surface area contributed by atoms with Gasteiger partial charge in [0.05, 0.1) is 19.3 Å². The summed E-state index contributed by atoms with van der Waals surface area (Å²) in [6.07, 6.45) is -1.15. The van der Waals surface area contributed by atoms with Gasteiger partial charge in [-0.3, -0.25) is 9.69 Å². The zero-order valence-electron chi connectivity index (χ0n) is 11.8. The normalized spacial score (nSPS) is 23.3. The van der Waals surface area contributed by atoms with E-state index in [-0.39, 0.29) is 13.2 Å². The molecule has 0 aromatic heterocycles. The zero-order chi connectivity index (χ0) is 15.6. The van der Waals surface area contributed by atoms with Gasteiger partial charge in [-0.15, -0.1) is 0 Å². The van der Waals surface area contributed by atoms with Gasteiger partial charge in [0.15, 0.2) is 0 Å². The lowest BCUT2D eigenvalue weighted by Crippen LogP contribution is -2.48. The van der Waals surface area contributed by atoms with Gasteiger partial charge in [0, 0.05) is 7.11 Å². The molecule has 7 heteroatoms. The zero-order valence-corrected chi connectivity index (χ0v) is 11.8. The summed E-state index contributed by atoms with van der Waals surface area (Å²) < 4.78 is 18.1. The predicted octanol–water partition coefficient (Wildman–Crippen LogP) is 0.816. The second-order valence-corrected chi connectivity index (χ2v) is 5.18. The van der Waals surface area contributed by atoms with Crippen LogP contribution in [-0.2, 0) is 9.53 Å². The number of hydrogen-bond donors (Lipinski definition) is 2. The first-order chi connectivity index (χ1) is 9.87. The quantitative estimate of drug-likeness (QED) is 0.788. The topological polar surface area (TPSA) is 78.9 Å². The van der Waals surface area contributed by atoms with E-state index in [1.165, 1.54) is 25.3 Å². The van der Waals surface area contributed by atoms with Gasteiger partial charge in [-0.05, 0) is 24.6 Å². The van der Waals surface area contributed by atoms with Crippen molar-refractivity contribution < 1.29 is 23.8 Å². The van der Waals surface area contributed by atoms with Crippen molar-refractivity contribution in [3.8, 4) is 0 Å². The minimum Gasteiger partial charge on any atom is -0.387 e. The summed E-state index contributed by atoms with van der Waals surface area (Å²) in [5, 5.41) is 12.6. The highest BCUT2D eigenvalue weighted by Gasteiger charge is 2.48. The van der Waals surface area contributed by atoms with Crippen molar-refractivity contribution >= 4 is 11.9 Å². The van der Waals surface area contributed by atoms with E-state index in [0.29, 0.717) is 5.56 Å². The van der Waals surface area contributed by atoms with E-state index in [4.69, 9.17) is 4.74 Å². The minimum absolute atomic E-state index is 0.0319. The van der Waals surface area contributed by atoms with Crippen molar-refractivity contribution in [2.45, 2.75) is 18.6 Å². The highest BCUT2D eigenvalue weighted by atomic mass is 19.1. The van der Waals surface area contributed by atoms with Gasteiger partial charge < -0.3 is 15.2 Å². The van der Waals surface area contributed by atoms with Crippen molar-refractivity contribution in [3.05, 3.63) is 35.6 Å². The molecule has 1 aliphatic heterocycles. The molecule has 2 atom stereocenters. The number of carbonyl (C=O) groups is 2. The Kier molecular flexibility index (Phi) is 4.24. The number of aliphatic hydroxyl groups excluding tert-OH is 1. The average molecular weight is 296 g/mol. The van der Waals surface area contributed by atoms with Crippen LogP contribution in [0.5, 0.6) is 0 Å². The number of benzene rings is 1. The van der Waals surface area contributed by atoms with Crippen LogP contribution in [0, 0.1) is 5.82 Å². The number of aliphatic hydroxyl groups is 1. The number of halogens is 1. The Morgan fingerprint density at radius 3 is 2.81 bits per heavy atom. The summed E-state index contributed by atoms with van der Waals surface area (Å²) in [5.74, 6) is -0.974. The molecule has 6 nitrogen and oxygen atoms in total. The molecular weight excluding hydrogens is 279 g/mol. The van der Waals surface area contributed by atoms with E-state index in [2.05, 4.69) is 5.32 Å². The summed E-state index contributed by atoms with van der Waals surface area (Å²) in [6, 6.07) is 4.79. The highest BCUT2D eigenvalue weighted by molar-refractivity contribution is 6.06. The molecule has 21 heavy (non-hydrogen) atoms. The van der Waals surface area contributed by atoms with Crippen LogP contribution in [-0.4, -0.2) is 47.7 Å². The lowest BCUT2D eigenvalue weighted by atomic mass is 10.0. The van der Waals surface area contributed by atoms with Crippen molar-refractivity contribution in [1.29, 1.82) is 0 Å². The number of nitrogens with zero attached hydrogens (tertiary/aromatic N) is 1. The summed E-state index contributed by atoms with van der Waals surface area (Å²) in [5.41, 5.74) is -0.844. The summed E-state index contributed by atoms with van der Waals surface area (Å²) >= 11 is 0. The number of β-amino-alcohol motifs (C(OH)–C–C–N with tert-alkyl or cyclic N) is 1. The van der Waals surface area contributed by atoms with Gasteiger partial charge in [-0.25, -0.2) is 9.18 Å². The van der Waals surface area contributed by atoms with E-state index in [9.17, 15) is 19.1 Å². The molecule has 1 heterocycles. The number of imide groups is 1. The summed E-state index contributed by atoms with van der Waals surface area (Å²) in [7, 11) is 1.43. The molecule has 3 amide bonds. The average Bonchev–Trinajstić information content (AvgIpc) is 2.62. The van der Waals surface area contributed by atoms with Crippen LogP contribution in [0.25, 0.3) is 0 Å². The number of ether oxygens (including phenoxy) is 1. The van der Waals surface area contributed by atoms with Crippen LogP contribution in [0.4, 0.5) is 9.18 Å². The predicted molar refractivity (Wildman–Crippen MR) is 71.9 cm³/mol. The number of rotatable bonds is 5. The van der Waals surface area contributed by atoms with E-state index in [0.717, 1.165) is 11.0 Å². The summed E-state index contributed by atoms with van der Waals surface area (Å²) in [6.45, 7) is 1.34. The first-order valence-corrected chi connectivity index (χ1v) is 6.44. The summed E-state index contributed by atoms with van der Waals surface area (Å²) in [4.78, 5) is 25.0. The maximum atomic E-state index is 13.1. The molecule has 0 unspecified atom stereocenters. The van der Waals surface area contributed by atoms with E-state index < -0.39 is 29.4 Å². The van der Waals surface area contributed by atoms with Crippen molar-refractivity contribution in [3.63, 3.8) is 0 Å². The molecule has 0 radical (unpaired) electrons. The van der Waals surface area contributed by atoms with Crippen molar-refractivity contribution in [1.82, 2.24) is 10.2 Å². The van der Waals surface area contributed by atoms with Crippen LogP contribution >= 0.6 is 0 Å². The Morgan fingerprint density at radius 1 is 1.48 bits per heavy atom. The Hall–Kier alpha value is -1.99. The maximum Gasteiger partial charge on any atom is 0.325 e. The van der Waals surface area contributed by atoms with Crippen LogP contribution in [0.2, 0.25) is 0 Å². The number of carbonyl (C=O) groups excluding carboxylic acids is 2. The Bertz CT molecular complexity index is 566. The molecule has 1 fully saturated rings. The third-order valence-corrected chi connectivity index (χ3v) is 3.37. The third kappa shape index (κ3) is 3.03. The molecule has 1 saturated heterocycles. The molecule has 1 aromatic carbocycles. The van der Waals surface area contributed by atoms with Crippen molar-refractivity contribution in [2.75, 3.05) is 20.3 Å². The van der Waals surface area contributed by atoms with Gasteiger partial charge >= 0.3 is 6.03 Å². The minimum atomic E-state index is -1.15. The smallest absolute Gasteiger partial charge is 0.325 e. The fourth-order valence-electron chi connectivity index (χ4n) is 2.29. The van der Waals surface area contributed by atoms with Gasteiger partial charge in [0.2, 0.25) is 0 Å². The largest absolute Gasteiger partial charge is 0.387 e. The molecule has 0 bridgehead atoms. The molecular formula is C14H17FN2O4. The van der Waals surface area contributed by atoms with Crippen molar-refractivity contribution in [2.24, 2.45) is 0 Å². The monoisotopic (exact) mass is 296 g/mol. The molecule has 1 aliphatic rings. The number of hydrogen-bond acceptors (Lipinski definition) is 4. The number of amides is 3. The standard InChI is InChI=1S/C14H17FN2O4/c1-14(8-21-2)12(19)17(13(20)16-14)7-11(18)9-4-3-5-10(15)6-9/h3-6,11,18H,7-8H2,1-2H3,(H,16,20)/t11-,14+/m0/s1. The number of nitrogens with one attached hydrogen (secondary N) is 1. The second kappa shape index (κ2) is 5.79.